The quantitative estimate of drug-likeness (QED) is 0.567. The van der Waals surface area contributed by atoms with Gasteiger partial charge in [-0.1, -0.05) is 12.2 Å². The molecule has 0 aliphatic rings. The van der Waals surface area contributed by atoms with Gasteiger partial charge >= 0.3 is 0 Å². The van der Waals surface area contributed by atoms with Gasteiger partial charge in [0.1, 0.15) is 4.99 Å². The second-order valence-corrected chi connectivity index (χ2v) is 4.41. The third-order valence-electron chi connectivity index (χ3n) is 2.59. The Balaban J connectivity index is 2.53. The summed E-state index contributed by atoms with van der Waals surface area (Å²) in [5.74, 6) is 0. The summed E-state index contributed by atoms with van der Waals surface area (Å²) in [6.07, 6.45) is 4.67. The number of aliphatic hydroxyl groups excluding tert-OH is 1. The van der Waals surface area contributed by atoms with Gasteiger partial charge < -0.3 is 15.7 Å². The van der Waals surface area contributed by atoms with E-state index in [1.807, 2.05) is 19.2 Å². The number of aliphatic hydroxyl groups is 1. The van der Waals surface area contributed by atoms with E-state index in [0.29, 0.717) is 10.7 Å². The van der Waals surface area contributed by atoms with Crippen molar-refractivity contribution in [3.8, 4) is 0 Å². The zero-order valence-electron chi connectivity index (χ0n) is 10.1. The Bertz CT molecular complexity index is 371. The number of unbranched alkanes of at least 4 members (excludes halogenated alkanes) is 2. The molecule has 1 aromatic rings. The highest BCUT2D eigenvalue weighted by molar-refractivity contribution is 7.80. The molecule has 0 aliphatic heterocycles. The summed E-state index contributed by atoms with van der Waals surface area (Å²) in [5.41, 5.74) is 7.26. The first-order valence-electron chi connectivity index (χ1n) is 5.73. The van der Waals surface area contributed by atoms with Crippen molar-refractivity contribution in [1.82, 2.24) is 4.98 Å². The van der Waals surface area contributed by atoms with E-state index in [0.717, 1.165) is 31.5 Å². The van der Waals surface area contributed by atoms with Gasteiger partial charge in [-0.2, -0.15) is 0 Å². The molecule has 0 atom stereocenters. The van der Waals surface area contributed by atoms with Crippen LogP contribution in [0.4, 0.5) is 5.69 Å². The van der Waals surface area contributed by atoms with Gasteiger partial charge in [0.25, 0.3) is 0 Å². The maximum Gasteiger partial charge on any atom is 0.122 e. The molecule has 0 spiro atoms. The van der Waals surface area contributed by atoms with Crippen LogP contribution in [0.5, 0.6) is 0 Å². The van der Waals surface area contributed by atoms with Gasteiger partial charge in [-0.25, -0.2) is 0 Å². The van der Waals surface area contributed by atoms with Crippen molar-refractivity contribution >= 4 is 22.9 Å². The fourth-order valence-electron chi connectivity index (χ4n) is 1.56. The second kappa shape index (κ2) is 7.19. The van der Waals surface area contributed by atoms with E-state index in [9.17, 15) is 0 Å². The average molecular weight is 253 g/mol. The highest BCUT2D eigenvalue weighted by Gasteiger charge is 2.04. The monoisotopic (exact) mass is 253 g/mol. The lowest BCUT2D eigenvalue weighted by Crippen LogP contribution is -2.20. The van der Waals surface area contributed by atoms with Gasteiger partial charge in [-0.3, -0.25) is 4.98 Å². The van der Waals surface area contributed by atoms with Crippen LogP contribution in [0, 0.1) is 0 Å². The average Bonchev–Trinajstić information content (AvgIpc) is 2.34. The highest BCUT2D eigenvalue weighted by Crippen LogP contribution is 2.13. The van der Waals surface area contributed by atoms with Crippen molar-refractivity contribution in [2.24, 2.45) is 5.73 Å². The van der Waals surface area contributed by atoms with Crippen LogP contribution in [0.15, 0.2) is 18.3 Å². The molecule has 0 amide bonds. The molecule has 0 aliphatic carbocycles. The first-order valence-corrected chi connectivity index (χ1v) is 6.14. The summed E-state index contributed by atoms with van der Waals surface area (Å²) in [4.78, 5) is 6.56. The van der Waals surface area contributed by atoms with Crippen LogP contribution in [0.1, 0.15) is 25.0 Å². The molecule has 0 saturated heterocycles. The topological polar surface area (TPSA) is 62.4 Å². The van der Waals surface area contributed by atoms with Crippen LogP contribution in [0.3, 0.4) is 0 Å². The Hall–Kier alpha value is -1.20. The number of nitrogens with zero attached hydrogens (tertiary/aromatic N) is 2. The van der Waals surface area contributed by atoms with E-state index in [4.69, 9.17) is 23.1 Å². The van der Waals surface area contributed by atoms with E-state index in [2.05, 4.69) is 9.88 Å². The molecule has 0 aromatic carbocycles. The molecule has 0 bridgehead atoms. The van der Waals surface area contributed by atoms with Crippen molar-refractivity contribution in [2.45, 2.75) is 19.3 Å². The standard InChI is InChI=1S/C12H19N3OS/c1-15(7-3-2-4-8-16)10-5-6-14-11(9-10)12(13)17/h5-6,9,16H,2-4,7-8H2,1H3,(H2,13,17). The Labute approximate surface area is 107 Å². The van der Waals surface area contributed by atoms with E-state index < -0.39 is 0 Å². The number of thiocarbonyl (C=S) groups is 1. The number of nitrogens with two attached hydrogens (primary N) is 1. The third-order valence-corrected chi connectivity index (χ3v) is 2.80. The molecule has 1 rings (SSSR count). The minimum Gasteiger partial charge on any atom is -0.396 e. The van der Waals surface area contributed by atoms with Crippen molar-refractivity contribution < 1.29 is 5.11 Å². The van der Waals surface area contributed by atoms with Crippen LogP contribution in [-0.2, 0) is 0 Å². The van der Waals surface area contributed by atoms with Gasteiger partial charge in [0.05, 0.1) is 5.69 Å². The number of pyridine rings is 1. The summed E-state index contributed by atoms with van der Waals surface area (Å²) in [6.45, 7) is 1.21. The number of aromatic nitrogens is 1. The predicted molar refractivity (Wildman–Crippen MR) is 74.3 cm³/mol. The highest BCUT2D eigenvalue weighted by atomic mass is 32.1. The van der Waals surface area contributed by atoms with Gasteiger partial charge in [0.15, 0.2) is 0 Å². The van der Waals surface area contributed by atoms with Gasteiger partial charge in [-0.05, 0) is 31.4 Å². The van der Waals surface area contributed by atoms with Crippen LogP contribution in [-0.4, -0.2) is 35.3 Å². The summed E-state index contributed by atoms with van der Waals surface area (Å²) < 4.78 is 0. The van der Waals surface area contributed by atoms with E-state index in [1.54, 1.807) is 6.20 Å². The number of anilines is 1. The zero-order valence-corrected chi connectivity index (χ0v) is 10.9. The van der Waals surface area contributed by atoms with Crippen LogP contribution in [0.25, 0.3) is 0 Å². The minimum atomic E-state index is 0.268. The molecule has 0 fully saturated rings. The SMILES string of the molecule is CN(CCCCCO)c1ccnc(C(N)=S)c1. The first kappa shape index (κ1) is 13.9. The first-order chi connectivity index (χ1) is 8.15. The summed E-state index contributed by atoms with van der Waals surface area (Å²) in [7, 11) is 2.03. The molecule has 0 unspecified atom stereocenters. The van der Waals surface area contributed by atoms with E-state index in [-0.39, 0.29) is 6.61 Å². The molecule has 4 nitrogen and oxygen atoms in total. The Morgan fingerprint density at radius 3 is 2.88 bits per heavy atom. The number of rotatable bonds is 7. The minimum absolute atomic E-state index is 0.268. The molecule has 3 N–H and O–H groups in total. The maximum absolute atomic E-state index is 8.70. The predicted octanol–water partition coefficient (Wildman–Crippen LogP) is 1.31. The lowest BCUT2D eigenvalue weighted by atomic mass is 10.2. The third kappa shape index (κ3) is 4.66. The molecule has 1 heterocycles. The summed E-state index contributed by atoms with van der Waals surface area (Å²) >= 11 is 4.90. The zero-order chi connectivity index (χ0) is 12.7. The lowest BCUT2D eigenvalue weighted by Gasteiger charge is -2.19. The van der Waals surface area contributed by atoms with E-state index in [1.165, 1.54) is 0 Å². The van der Waals surface area contributed by atoms with Crippen LogP contribution >= 0.6 is 12.2 Å². The fraction of sp³-hybridized carbons (Fsp3) is 0.500. The maximum atomic E-state index is 8.70. The van der Waals surface area contributed by atoms with Gasteiger partial charge in [0, 0.05) is 32.1 Å². The normalized spacial score (nSPS) is 10.2. The molecule has 94 valence electrons. The summed E-state index contributed by atoms with van der Waals surface area (Å²) in [6, 6.07) is 3.84. The Morgan fingerprint density at radius 1 is 1.47 bits per heavy atom. The summed E-state index contributed by atoms with van der Waals surface area (Å²) in [5, 5.41) is 8.70. The van der Waals surface area contributed by atoms with Crippen molar-refractivity contribution in [3.05, 3.63) is 24.0 Å². The van der Waals surface area contributed by atoms with Gasteiger partial charge in [0.2, 0.25) is 0 Å². The molecule has 0 radical (unpaired) electrons. The van der Waals surface area contributed by atoms with Crippen LogP contribution < -0.4 is 10.6 Å². The van der Waals surface area contributed by atoms with Crippen molar-refractivity contribution in [3.63, 3.8) is 0 Å². The Morgan fingerprint density at radius 2 is 2.24 bits per heavy atom. The molecular formula is C12H19N3OS. The largest absolute Gasteiger partial charge is 0.396 e. The molecule has 17 heavy (non-hydrogen) atoms. The molecule has 0 saturated carbocycles. The molecule has 5 heteroatoms. The molecule has 1 aromatic heterocycles. The molecular weight excluding hydrogens is 234 g/mol. The smallest absolute Gasteiger partial charge is 0.122 e. The number of hydrogen-bond acceptors (Lipinski definition) is 4. The van der Waals surface area contributed by atoms with Crippen molar-refractivity contribution in [2.75, 3.05) is 25.1 Å². The van der Waals surface area contributed by atoms with Crippen LogP contribution in [0.2, 0.25) is 0 Å². The van der Waals surface area contributed by atoms with Gasteiger partial charge in [-0.15, -0.1) is 0 Å². The number of hydrogen-bond donors (Lipinski definition) is 2. The van der Waals surface area contributed by atoms with Crippen molar-refractivity contribution in [1.29, 1.82) is 0 Å². The fourth-order valence-corrected chi connectivity index (χ4v) is 1.67. The van der Waals surface area contributed by atoms with E-state index >= 15 is 0 Å². The lowest BCUT2D eigenvalue weighted by molar-refractivity contribution is 0.283. The Kier molecular flexibility index (Phi) is 5.86. The second-order valence-electron chi connectivity index (χ2n) is 3.97.